The second-order valence-electron chi connectivity index (χ2n) is 7.48. The number of benzene rings is 2. The highest BCUT2D eigenvalue weighted by molar-refractivity contribution is 6.03. The fourth-order valence-electron chi connectivity index (χ4n) is 4.00. The van der Waals surface area contributed by atoms with E-state index >= 15 is 0 Å². The van der Waals surface area contributed by atoms with E-state index in [-0.39, 0.29) is 5.91 Å². The molecule has 0 fully saturated rings. The molecule has 0 saturated carbocycles. The summed E-state index contributed by atoms with van der Waals surface area (Å²) in [7, 11) is 1.64. The van der Waals surface area contributed by atoms with Crippen LogP contribution in [0.5, 0.6) is 5.75 Å². The van der Waals surface area contributed by atoms with Crippen LogP contribution in [0.4, 0.5) is 5.82 Å². The zero-order chi connectivity index (χ0) is 21.2. The maximum atomic E-state index is 13.2. The molecule has 0 unspecified atom stereocenters. The topological polar surface area (TPSA) is 74.0 Å². The van der Waals surface area contributed by atoms with E-state index in [9.17, 15) is 4.79 Å². The molecule has 156 valence electrons. The van der Waals surface area contributed by atoms with E-state index in [1.807, 2.05) is 65.2 Å². The number of imidazole rings is 1. The van der Waals surface area contributed by atoms with Crippen molar-refractivity contribution in [1.82, 2.24) is 19.3 Å². The van der Waals surface area contributed by atoms with Crippen molar-refractivity contribution in [3.05, 3.63) is 78.4 Å². The van der Waals surface area contributed by atoms with Crippen LogP contribution in [0.1, 0.15) is 29.2 Å². The van der Waals surface area contributed by atoms with Crippen LogP contribution in [-0.2, 0) is 13.0 Å². The second-order valence-corrected chi connectivity index (χ2v) is 7.48. The van der Waals surface area contributed by atoms with Gasteiger partial charge >= 0.3 is 0 Å². The van der Waals surface area contributed by atoms with Crippen LogP contribution < -0.4 is 10.1 Å². The number of amides is 1. The number of carbonyl (C=O) groups is 1. The van der Waals surface area contributed by atoms with Gasteiger partial charge in [0.25, 0.3) is 5.91 Å². The first-order valence-corrected chi connectivity index (χ1v) is 10.4. The van der Waals surface area contributed by atoms with Gasteiger partial charge in [-0.3, -0.25) is 4.79 Å². The molecule has 1 amide bonds. The van der Waals surface area contributed by atoms with Crippen LogP contribution in [0.3, 0.4) is 0 Å². The summed E-state index contributed by atoms with van der Waals surface area (Å²) in [6, 6.07) is 19.3. The van der Waals surface area contributed by atoms with Crippen molar-refractivity contribution in [2.75, 3.05) is 12.4 Å². The molecule has 31 heavy (non-hydrogen) atoms. The predicted octanol–water partition coefficient (Wildman–Crippen LogP) is 4.33. The molecule has 1 N–H and O–H groups in total. The standard InChI is InChI=1S/C24H23N5O2/c1-31-21-12-6-5-11-18(21)19-15-23(29(27-19)17-9-3-2-4-10-17)26-24(30)20-16-25-22-13-7-8-14-28(20)22/h2-6,9-12,15-16H,7-8,13-14H2,1H3,(H,26,30). The van der Waals surface area contributed by atoms with Crippen molar-refractivity contribution < 1.29 is 9.53 Å². The van der Waals surface area contributed by atoms with Gasteiger partial charge in [0, 0.05) is 24.6 Å². The number of nitrogens with zero attached hydrogens (tertiary/aromatic N) is 4. The molecule has 7 nitrogen and oxygen atoms in total. The third kappa shape index (κ3) is 3.59. The minimum Gasteiger partial charge on any atom is -0.496 e. The molecule has 1 aliphatic heterocycles. The lowest BCUT2D eigenvalue weighted by Crippen LogP contribution is -2.21. The number of aryl methyl sites for hydroxylation is 1. The largest absolute Gasteiger partial charge is 0.496 e. The van der Waals surface area contributed by atoms with Crippen molar-refractivity contribution in [2.24, 2.45) is 0 Å². The number of hydrogen-bond acceptors (Lipinski definition) is 4. The quantitative estimate of drug-likeness (QED) is 0.528. The molecule has 2 aromatic heterocycles. The van der Waals surface area contributed by atoms with Crippen molar-refractivity contribution in [1.29, 1.82) is 0 Å². The summed E-state index contributed by atoms with van der Waals surface area (Å²) in [5.41, 5.74) is 3.01. The lowest BCUT2D eigenvalue weighted by atomic mass is 10.1. The van der Waals surface area contributed by atoms with E-state index in [0.717, 1.165) is 48.6 Å². The molecular weight excluding hydrogens is 390 g/mol. The third-order valence-corrected chi connectivity index (χ3v) is 5.54. The lowest BCUT2D eigenvalue weighted by Gasteiger charge is -2.16. The molecule has 2 aromatic carbocycles. The number of rotatable bonds is 5. The number of methoxy groups -OCH3 is 1. The van der Waals surface area contributed by atoms with Crippen LogP contribution in [-0.4, -0.2) is 32.3 Å². The van der Waals surface area contributed by atoms with E-state index in [1.165, 1.54) is 0 Å². The smallest absolute Gasteiger partial charge is 0.275 e. The number of nitrogens with one attached hydrogen (secondary N) is 1. The molecule has 0 aliphatic carbocycles. The van der Waals surface area contributed by atoms with Crippen molar-refractivity contribution in [3.8, 4) is 22.7 Å². The summed E-state index contributed by atoms with van der Waals surface area (Å²) in [5.74, 6) is 2.10. The van der Waals surface area contributed by atoms with Gasteiger partial charge in [-0.1, -0.05) is 30.3 Å². The Labute approximate surface area is 180 Å². The van der Waals surface area contributed by atoms with Gasteiger partial charge in [-0.15, -0.1) is 0 Å². The highest BCUT2D eigenvalue weighted by Gasteiger charge is 2.21. The molecule has 3 heterocycles. The first kappa shape index (κ1) is 19.1. The summed E-state index contributed by atoms with van der Waals surface area (Å²) < 4.78 is 9.27. The normalized spacial score (nSPS) is 12.9. The van der Waals surface area contributed by atoms with Crippen molar-refractivity contribution in [3.63, 3.8) is 0 Å². The Hall–Kier alpha value is -3.87. The first-order valence-electron chi connectivity index (χ1n) is 10.4. The SMILES string of the molecule is COc1ccccc1-c1cc(NC(=O)c2cnc3n2CCCC3)n(-c2ccccc2)n1. The highest BCUT2D eigenvalue weighted by atomic mass is 16.5. The molecule has 0 radical (unpaired) electrons. The van der Waals surface area contributed by atoms with Gasteiger partial charge in [0.15, 0.2) is 0 Å². The maximum absolute atomic E-state index is 13.2. The minimum atomic E-state index is -0.190. The molecule has 4 aromatic rings. The van der Waals surface area contributed by atoms with Gasteiger partial charge in [0.1, 0.15) is 23.1 Å². The third-order valence-electron chi connectivity index (χ3n) is 5.54. The Balaban J connectivity index is 1.55. The second kappa shape index (κ2) is 8.10. The molecule has 0 atom stereocenters. The zero-order valence-electron chi connectivity index (χ0n) is 17.3. The number of hydrogen-bond donors (Lipinski definition) is 1. The van der Waals surface area contributed by atoms with E-state index in [2.05, 4.69) is 10.3 Å². The first-order chi connectivity index (χ1) is 15.2. The average Bonchev–Trinajstić information content (AvgIpc) is 3.44. The molecule has 1 aliphatic rings. The number of anilines is 1. The van der Waals surface area contributed by atoms with Crippen molar-refractivity contribution in [2.45, 2.75) is 25.8 Å². The van der Waals surface area contributed by atoms with Gasteiger partial charge in [-0.05, 0) is 37.1 Å². The summed E-state index contributed by atoms with van der Waals surface area (Å²) >= 11 is 0. The van der Waals surface area contributed by atoms with E-state index in [1.54, 1.807) is 18.0 Å². The summed E-state index contributed by atoms with van der Waals surface area (Å²) in [6.07, 6.45) is 4.75. The Morgan fingerprint density at radius 2 is 1.87 bits per heavy atom. The lowest BCUT2D eigenvalue weighted by molar-refractivity contribution is 0.101. The maximum Gasteiger partial charge on any atom is 0.275 e. The van der Waals surface area contributed by atoms with E-state index in [4.69, 9.17) is 9.84 Å². The monoisotopic (exact) mass is 413 g/mol. The summed E-state index contributed by atoms with van der Waals surface area (Å²) in [5, 5.41) is 7.83. The number of ether oxygens (including phenoxy) is 1. The Bertz CT molecular complexity index is 1230. The number of aromatic nitrogens is 4. The molecule has 5 rings (SSSR count). The number of fused-ring (bicyclic) bond motifs is 1. The predicted molar refractivity (Wildman–Crippen MR) is 119 cm³/mol. The molecule has 0 spiro atoms. The summed E-state index contributed by atoms with van der Waals surface area (Å²) in [4.78, 5) is 17.6. The average molecular weight is 413 g/mol. The van der Waals surface area contributed by atoms with E-state index in [0.29, 0.717) is 17.2 Å². The van der Waals surface area contributed by atoms with Gasteiger partial charge in [-0.25, -0.2) is 9.67 Å². The molecule has 0 bridgehead atoms. The minimum absolute atomic E-state index is 0.190. The molecule has 7 heteroatoms. The van der Waals surface area contributed by atoms with Gasteiger partial charge < -0.3 is 14.6 Å². The summed E-state index contributed by atoms with van der Waals surface area (Å²) in [6.45, 7) is 0.822. The van der Waals surface area contributed by atoms with Crippen LogP contribution in [0, 0.1) is 0 Å². The Kier molecular flexibility index (Phi) is 5.00. The Morgan fingerprint density at radius 3 is 2.71 bits per heavy atom. The zero-order valence-corrected chi connectivity index (χ0v) is 17.3. The fourth-order valence-corrected chi connectivity index (χ4v) is 4.00. The van der Waals surface area contributed by atoms with Gasteiger partial charge in [0.05, 0.1) is 24.7 Å². The van der Waals surface area contributed by atoms with Crippen molar-refractivity contribution >= 4 is 11.7 Å². The highest BCUT2D eigenvalue weighted by Crippen LogP contribution is 2.31. The van der Waals surface area contributed by atoms with Crippen LogP contribution >= 0.6 is 0 Å². The number of carbonyl (C=O) groups excluding carboxylic acids is 1. The fraction of sp³-hybridized carbons (Fsp3) is 0.208. The van der Waals surface area contributed by atoms with Crippen LogP contribution in [0.2, 0.25) is 0 Å². The van der Waals surface area contributed by atoms with Gasteiger partial charge in [-0.2, -0.15) is 5.10 Å². The van der Waals surface area contributed by atoms with E-state index < -0.39 is 0 Å². The Morgan fingerprint density at radius 1 is 1.06 bits per heavy atom. The van der Waals surface area contributed by atoms with Crippen LogP contribution in [0.15, 0.2) is 66.9 Å². The molecular formula is C24H23N5O2. The molecule has 0 saturated heterocycles. The number of para-hydroxylation sites is 2. The van der Waals surface area contributed by atoms with Crippen LogP contribution in [0.25, 0.3) is 16.9 Å². The van der Waals surface area contributed by atoms with Gasteiger partial charge in [0.2, 0.25) is 0 Å².